The summed E-state index contributed by atoms with van der Waals surface area (Å²) in [5.74, 6) is -1.19. The highest BCUT2D eigenvalue weighted by molar-refractivity contribution is 6.01. The van der Waals surface area contributed by atoms with E-state index < -0.39 is 12.6 Å². The Bertz CT molecular complexity index is 782. The number of rotatable bonds is 6. The predicted molar refractivity (Wildman–Crippen MR) is 90.4 cm³/mol. The van der Waals surface area contributed by atoms with Gasteiger partial charge in [-0.15, -0.1) is 0 Å². The van der Waals surface area contributed by atoms with Gasteiger partial charge in [0.25, 0.3) is 0 Å². The van der Waals surface area contributed by atoms with Crippen LogP contribution in [0.1, 0.15) is 16.1 Å². The van der Waals surface area contributed by atoms with Crippen LogP contribution in [0.2, 0.25) is 0 Å². The zero-order valence-electron chi connectivity index (χ0n) is 13.4. The molecule has 0 spiro atoms. The van der Waals surface area contributed by atoms with E-state index in [0.717, 1.165) is 5.69 Å². The van der Waals surface area contributed by atoms with E-state index in [1.165, 1.54) is 6.08 Å². The Morgan fingerprint density at radius 1 is 1.25 bits per heavy atom. The van der Waals surface area contributed by atoms with Gasteiger partial charge in [-0.25, -0.2) is 4.79 Å². The van der Waals surface area contributed by atoms with Crippen LogP contribution >= 0.6 is 0 Å². The number of aromatic amines is 1. The summed E-state index contributed by atoms with van der Waals surface area (Å²) in [6.45, 7) is -0.419. The van der Waals surface area contributed by atoms with Crippen molar-refractivity contribution in [2.75, 3.05) is 25.6 Å². The van der Waals surface area contributed by atoms with Crippen molar-refractivity contribution in [2.45, 2.75) is 0 Å². The quantitative estimate of drug-likeness (QED) is 0.382. The largest absolute Gasteiger partial charge is 0.453 e. The number of hydrogen-bond donors (Lipinski definition) is 1. The average Bonchev–Trinajstić information content (AvgIpc) is 3.12. The summed E-state index contributed by atoms with van der Waals surface area (Å²) in [6.07, 6.45) is 3.04. The van der Waals surface area contributed by atoms with Gasteiger partial charge in [0.2, 0.25) is 5.78 Å². The van der Waals surface area contributed by atoms with E-state index in [2.05, 4.69) is 4.98 Å². The Kier molecular flexibility index (Phi) is 5.53. The first-order chi connectivity index (χ1) is 11.5. The number of carbonyl (C=O) groups excluding carboxylic acids is 2. The number of esters is 1. The molecule has 0 atom stereocenters. The van der Waals surface area contributed by atoms with Gasteiger partial charge < -0.3 is 14.6 Å². The van der Waals surface area contributed by atoms with Gasteiger partial charge in [-0.05, 0) is 35.9 Å². The number of ether oxygens (including phenoxy) is 1. The molecule has 6 heteroatoms. The second-order valence-electron chi connectivity index (χ2n) is 5.24. The minimum absolute atomic E-state index is 0.160. The van der Waals surface area contributed by atoms with Gasteiger partial charge in [0.1, 0.15) is 11.6 Å². The lowest BCUT2D eigenvalue weighted by atomic mass is 10.1. The fourth-order valence-electron chi connectivity index (χ4n) is 1.96. The summed E-state index contributed by atoms with van der Waals surface area (Å²) in [4.78, 5) is 28.4. The molecule has 1 heterocycles. The van der Waals surface area contributed by atoms with Crippen LogP contribution in [-0.4, -0.2) is 37.4 Å². The first-order valence-corrected chi connectivity index (χ1v) is 7.24. The van der Waals surface area contributed by atoms with Crippen molar-refractivity contribution in [3.8, 4) is 6.07 Å². The van der Waals surface area contributed by atoms with Gasteiger partial charge in [0.05, 0.1) is 5.69 Å². The fourth-order valence-corrected chi connectivity index (χ4v) is 1.96. The number of Topliss-reactive ketones (excluding diaryl/α,β-unsaturated/α-hetero) is 1. The standard InChI is InChI=1S/C18H17N3O3/c1-21(2)15-7-5-13(6-8-15)10-14(11-19)18(23)24-12-17(22)16-4-3-9-20-16/h3-10,20H,12H2,1-2H3. The second-order valence-corrected chi connectivity index (χ2v) is 5.24. The Balaban J connectivity index is 2.03. The number of carbonyl (C=O) groups is 2. The van der Waals surface area contributed by atoms with Gasteiger partial charge in [0.15, 0.2) is 6.61 Å². The van der Waals surface area contributed by atoms with E-state index in [1.54, 1.807) is 36.5 Å². The van der Waals surface area contributed by atoms with E-state index in [1.807, 2.05) is 31.1 Å². The molecule has 0 unspecified atom stereocenters. The molecule has 24 heavy (non-hydrogen) atoms. The van der Waals surface area contributed by atoms with Crippen molar-refractivity contribution in [3.63, 3.8) is 0 Å². The van der Waals surface area contributed by atoms with E-state index >= 15 is 0 Å². The molecule has 1 N–H and O–H groups in total. The zero-order valence-corrected chi connectivity index (χ0v) is 13.4. The molecule has 122 valence electrons. The SMILES string of the molecule is CN(C)c1ccc(C=C(C#N)C(=O)OCC(=O)c2ccc[nH]2)cc1. The number of nitriles is 1. The molecule has 0 aliphatic heterocycles. The van der Waals surface area contributed by atoms with Crippen LogP contribution in [0, 0.1) is 11.3 Å². The summed E-state index contributed by atoms with van der Waals surface area (Å²) < 4.78 is 4.91. The first-order valence-electron chi connectivity index (χ1n) is 7.24. The number of aromatic nitrogens is 1. The maximum atomic E-state index is 11.9. The molecule has 0 bridgehead atoms. The lowest BCUT2D eigenvalue weighted by Gasteiger charge is -2.11. The van der Waals surface area contributed by atoms with Crippen molar-refractivity contribution in [1.29, 1.82) is 5.26 Å². The van der Waals surface area contributed by atoms with E-state index in [9.17, 15) is 9.59 Å². The molecule has 0 radical (unpaired) electrons. The first kappa shape index (κ1) is 17.0. The Morgan fingerprint density at radius 2 is 1.96 bits per heavy atom. The molecule has 0 saturated heterocycles. The number of benzene rings is 1. The molecule has 6 nitrogen and oxygen atoms in total. The number of H-pyrrole nitrogens is 1. The van der Waals surface area contributed by atoms with Crippen molar-refractivity contribution in [1.82, 2.24) is 4.98 Å². The molecular weight excluding hydrogens is 306 g/mol. The predicted octanol–water partition coefficient (Wildman–Crippen LogP) is 2.41. The van der Waals surface area contributed by atoms with Gasteiger partial charge >= 0.3 is 5.97 Å². The monoisotopic (exact) mass is 323 g/mol. The lowest BCUT2D eigenvalue weighted by Crippen LogP contribution is -2.15. The van der Waals surface area contributed by atoms with E-state index in [0.29, 0.717) is 11.3 Å². The van der Waals surface area contributed by atoms with Crippen molar-refractivity contribution in [3.05, 3.63) is 59.4 Å². The van der Waals surface area contributed by atoms with Crippen LogP contribution in [0.25, 0.3) is 6.08 Å². The minimum Gasteiger partial charge on any atom is -0.453 e. The molecule has 0 aliphatic rings. The average molecular weight is 323 g/mol. The third-order valence-corrected chi connectivity index (χ3v) is 3.29. The molecular formula is C18H17N3O3. The van der Waals surface area contributed by atoms with Crippen LogP contribution in [0.3, 0.4) is 0 Å². The molecule has 0 amide bonds. The Labute approximate surface area is 140 Å². The number of hydrogen-bond acceptors (Lipinski definition) is 5. The van der Waals surface area contributed by atoms with Gasteiger partial charge in [0, 0.05) is 26.0 Å². The molecule has 1 aromatic heterocycles. The summed E-state index contributed by atoms with van der Waals surface area (Å²) in [5.41, 5.74) is 1.89. The molecule has 1 aromatic carbocycles. The molecule has 0 aliphatic carbocycles. The molecule has 2 rings (SSSR count). The second kappa shape index (κ2) is 7.79. The Morgan fingerprint density at radius 3 is 2.50 bits per heavy atom. The highest BCUT2D eigenvalue weighted by Gasteiger charge is 2.14. The zero-order chi connectivity index (χ0) is 17.5. The topological polar surface area (TPSA) is 86.2 Å². The molecule has 0 fully saturated rings. The van der Waals surface area contributed by atoms with E-state index in [-0.39, 0.29) is 11.4 Å². The minimum atomic E-state index is -0.825. The highest BCUT2D eigenvalue weighted by atomic mass is 16.5. The van der Waals surface area contributed by atoms with Crippen LogP contribution in [0.4, 0.5) is 5.69 Å². The van der Waals surface area contributed by atoms with E-state index in [4.69, 9.17) is 10.00 Å². The van der Waals surface area contributed by atoms with Crippen LogP contribution in [0.5, 0.6) is 0 Å². The van der Waals surface area contributed by atoms with Crippen LogP contribution < -0.4 is 4.90 Å². The van der Waals surface area contributed by atoms with Crippen molar-refractivity contribution < 1.29 is 14.3 Å². The number of ketones is 1. The number of anilines is 1. The molecule has 2 aromatic rings. The lowest BCUT2D eigenvalue weighted by molar-refractivity contribution is -0.137. The van der Waals surface area contributed by atoms with Crippen LogP contribution in [-0.2, 0) is 9.53 Å². The summed E-state index contributed by atoms with van der Waals surface area (Å²) in [7, 11) is 3.84. The smallest absolute Gasteiger partial charge is 0.349 e. The van der Waals surface area contributed by atoms with Gasteiger partial charge in [-0.2, -0.15) is 5.26 Å². The fraction of sp³-hybridized carbons (Fsp3) is 0.167. The van der Waals surface area contributed by atoms with Crippen LogP contribution in [0.15, 0.2) is 48.2 Å². The molecule has 0 saturated carbocycles. The summed E-state index contributed by atoms with van der Waals surface area (Å²) in [6, 6.07) is 12.4. The van der Waals surface area contributed by atoms with Crippen molar-refractivity contribution in [2.24, 2.45) is 0 Å². The maximum Gasteiger partial charge on any atom is 0.349 e. The third-order valence-electron chi connectivity index (χ3n) is 3.29. The van der Waals surface area contributed by atoms with Gasteiger partial charge in [-0.1, -0.05) is 12.1 Å². The normalized spacial score (nSPS) is 10.8. The maximum absolute atomic E-state index is 11.9. The highest BCUT2D eigenvalue weighted by Crippen LogP contribution is 2.15. The summed E-state index contributed by atoms with van der Waals surface area (Å²) in [5, 5.41) is 9.13. The summed E-state index contributed by atoms with van der Waals surface area (Å²) >= 11 is 0. The Hall–Kier alpha value is -3.33. The van der Waals surface area contributed by atoms with Gasteiger partial charge in [-0.3, -0.25) is 4.79 Å². The van der Waals surface area contributed by atoms with Crippen molar-refractivity contribution >= 4 is 23.5 Å². The number of nitrogens with one attached hydrogen (secondary N) is 1. The number of nitrogens with zero attached hydrogens (tertiary/aromatic N) is 2. The third kappa shape index (κ3) is 4.34.